The number of aliphatic hydroxyl groups is 1. The average Bonchev–Trinajstić information content (AvgIpc) is 3.08. The fourth-order valence-corrected chi connectivity index (χ4v) is 3.55. The second kappa shape index (κ2) is 7.53. The van der Waals surface area contributed by atoms with Crippen LogP contribution in [0.2, 0.25) is 0 Å². The lowest BCUT2D eigenvalue weighted by molar-refractivity contribution is -0.117. The van der Waals surface area contributed by atoms with Crippen LogP contribution in [0.1, 0.15) is 36.0 Å². The maximum Gasteiger partial charge on any atom is 0.251 e. The summed E-state index contributed by atoms with van der Waals surface area (Å²) in [6.45, 7) is 0.752. The van der Waals surface area contributed by atoms with E-state index in [0.717, 1.165) is 12.8 Å². The minimum Gasteiger partial charge on any atom is -0.395 e. The van der Waals surface area contributed by atoms with E-state index in [2.05, 4.69) is 5.32 Å². The number of nitrogens with zero attached hydrogens (tertiary/aromatic N) is 1. The third-order valence-electron chi connectivity index (χ3n) is 3.76. The summed E-state index contributed by atoms with van der Waals surface area (Å²) in [5, 5.41) is 14.1. The van der Waals surface area contributed by atoms with Crippen molar-refractivity contribution in [3.63, 3.8) is 0 Å². The van der Waals surface area contributed by atoms with Gasteiger partial charge in [-0.2, -0.15) is 0 Å². The number of carbonyl (C=O) groups excluding carboxylic acids is 2. The molecule has 4 N–H and O–H groups in total. The van der Waals surface area contributed by atoms with E-state index in [4.69, 9.17) is 10.8 Å². The molecule has 1 heterocycles. The molecule has 0 atom stereocenters. The van der Waals surface area contributed by atoms with Crippen molar-refractivity contribution in [2.24, 2.45) is 5.73 Å². The standard InChI is InChI=1S/C14H21N3O3S/c15-13(20)11-5-8-21-14(11)16-12(19)9-17(6-7-18)10-3-1-2-4-10/h5,8,10,18H,1-4,6-7,9H2,(H2,15,20)(H,16,19). The molecule has 1 aromatic heterocycles. The van der Waals surface area contributed by atoms with E-state index < -0.39 is 5.91 Å². The van der Waals surface area contributed by atoms with Gasteiger partial charge in [0.2, 0.25) is 5.91 Å². The Morgan fingerprint density at radius 1 is 1.43 bits per heavy atom. The molecule has 1 aliphatic carbocycles. The van der Waals surface area contributed by atoms with E-state index in [0.29, 0.717) is 23.2 Å². The van der Waals surface area contributed by atoms with E-state index >= 15 is 0 Å². The molecular formula is C14H21N3O3S. The minimum absolute atomic E-state index is 0.0370. The molecule has 21 heavy (non-hydrogen) atoms. The number of carbonyl (C=O) groups is 2. The molecule has 0 bridgehead atoms. The number of thiophene rings is 1. The first-order valence-electron chi connectivity index (χ1n) is 7.14. The van der Waals surface area contributed by atoms with Crippen LogP contribution < -0.4 is 11.1 Å². The third kappa shape index (κ3) is 4.26. The quantitative estimate of drug-likeness (QED) is 0.700. The SMILES string of the molecule is NC(=O)c1ccsc1NC(=O)CN(CCO)C1CCCC1. The first-order valence-corrected chi connectivity index (χ1v) is 8.02. The van der Waals surface area contributed by atoms with Crippen LogP contribution in [-0.4, -0.2) is 47.6 Å². The summed E-state index contributed by atoms with van der Waals surface area (Å²) in [7, 11) is 0. The predicted octanol–water partition coefficient (Wildman–Crippen LogP) is 1.02. The molecule has 1 saturated carbocycles. The summed E-state index contributed by atoms with van der Waals surface area (Å²) >= 11 is 1.28. The number of primary amides is 1. The molecule has 0 unspecified atom stereocenters. The number of nitrogens with two attached hydrogens (primary N) is 1. The zero-order chi connectivity index (χ0) is 15.2. The molecule has 6 nitrogen and oxygen atoms in total. The van der Waals surface area contributed by atoms with Crippen LogP contribution in [0.25, 0.3) is 0 Å². The van der Waals surface area contributed by atoms with Crippen molar-refractivity contribution in [3.05, 3.63) is 17.0 Å². The van der Waals surface area contributed by atoms with Gasteiger partial charge >= 0.3 is 0 Å². The number of anilines is 1. The molecule has 1 aliphatic rings. The monoisotopic (exact) mass is 311 g/mol. The van der Waals surface area contributed by atoms with Gasteiger partial charge in [0, 0.05) is 12.6 Å². The fraction of sp³-hybridized carbons (Fsp3) is 0.571. The van der Waals surface area contributed by atoms with Gasteiger partial charge in [-0.1, -0.05) is 12.8 Å². The largest absolute Gasteiger partial charge is 0.395 e. The van der Waals surface area contributed by atoms with Crippen molar-refractivity contribution < 1.29 is 14.7 Å². The van der Waals surface area contributed by atoms with Crippen molar-refractivity contribution in [2.75, 3.05) is 25.0 Å². The highest BCUT2D eigenvalue weighted by molar-refractivity contribution is 7.14. The van der Waals surface area contributed by atoms with Gasteiger partial charge in [-0.3, -0.25) is 14.5 Å². The Hall–Kier alpha value is -1.44. The molecule has 0 aliphatic heterocycles. The fourth-order valence-electron chi connectivity index (χ4n) is 2.74. The maximum atomic E-state index is 12.1. The Kier molecular flexibility index (Phi) is 5.72. The van der Waals surface area contributed by atoms with E-state index in [9.17, 15) is 9.59 Å². The summed E-state index contributed by atoms with van der Waals surface area (Å²) in [6.07, 6.45) is 4.48. The number of aliphatic hydroxyl groups excluding tert-OH is 1. The molecule has 0 aromatic carbocycles. The number of hydrogen-bond acceptors (Lipinski definition) is 5. The molecule has 0 saturated heterocycles. The summed E-state index contributed by atoms with van der Waals surface area (Å²) in [4.78, 5) is 25.4. The van der Waals surface area contributed by atoms with Crippen molar-refractivity contribution in [1.29, 1.82) is 0 Å². The lowest BCUT2D eigenvalue weighted by Gasteiger charge is -2.27. The molecular weight excluding hydrogens is 290 g/mol. The highest BCUT2D eigenvalue weighted by Crippen LogP contribution is 2.24. The number of rotatable bonds is 7. The molecule has 2 amide bonds. The van der Waals surface area contributed by atoms with Crippen LogP contribution in [-0.2, 0) is 4.79 Å². The van der Waals surface area contributed by atoms with Crippen molar-refractivity contribution in [1.82, 2.24) is 4.90 Å². The van der Waals surface area contributed by atoms with E-state index in [1.807, 2.05) is 4.90 Å². The normalized spacial score (nSPS) is 15.5. The zero-order valence-corrected chi connectivity index (χ0v) is 12.7. The lowest BCUT2D eigenvalue weighted by Crippen LogP contribution is -2.41. The zero-order valence-electron chi connectivity index (χ0n) is 11.9. The lowest BCUT2D eigenvalue weighted by atomic mass is 10.2. The van der Waals surface area contributed by atoms with Gasteiger partial charge in [0.25, 0.3) is 5.91 Å². The summed E-state index contributed by atoms with van der Waals surface area (Å²) < 4.78 is 0. The molecule has 2 rings (SSSR count). The van der Waals surface area contributed by atoms with Crippen LogP contribution in [0, 0.1) is 0 Å². The summed E-state index contributed by atoms with van der Waals surface area (Å²) in [5.74, 6) is -0.727. The van der Waals surface area contributed by atoms with Crippen LogP contribution in [0.15, 0.2) is 11.4 Å². The third-order valence-corrected chi connectivity index (χ3v) is 4.59. The van der Waals surface area contributed by atoms with Crippen LogP contribution in [0.4, 0.5) is 5.00 Å². The highest BCUT2D eigenvalue weighted by Gasteiger charge is 2.24. The summed E-state index contributed by atoms with van der Waals surface area (Å²) in [6, 6.07) is 1.97. The summed E-state index contributed by atoms with van der Waals surface area (Å²) in [5.41, 5.74) is 5.59. The number of amides is 2. The first kappa shape index (κ1) is 15.9. The van der Waals surface area contributed by atoms with Gasteiger partial charge in [-0.15, -0.1) is 11.3 Å². The van der Waals surface area contributed by atoms with E-state index in [-0.39, 0.29) is 19.1 Å². The minimum atomic E-state index is -0.547. The Labute approximate surface area is 127 Å². The van der Waals surface area contributed by atoms with E-state index in [1.54, 1.807) is 11.4 Å². The Bertz CT molecular complexity index is 497. The van der Waals surface area contributed by atoms with Crippen LogP contribution in [0.3, 0.4) is 0 Å². The van der Waals surface area contributed by atoms with Gasteiger partial charge in [-0.25, -0.2) is 0 Å². The Balaban J connectivity index is 1.95. The second-order valence-corrected chi connectivity index (χ2v) is 6.12. The molecule has 7 heteroatoms. The number of nitrogens with one attached hydrogen (secondary N) is 1. The van der Waals surface area contributed by atoms with Crippen molar-refractivity contribution >= 4 is 28.2 Å². The van der Waals surface area contributed by atoms with Crippen LogP contribution >= 0.6 is 11.3 Å². The average molecular weight is 311 g/mol. The molecule has 116 valence electrons. The van der Waals surface area contributed by atoms with Gasteiger partial charge in [0.1, 0.15) is 5.00 Å². The van der Waals surface area contributed by atoms with Crippen molar-refractivity contribution in [3.8, 4) is 0 Å². The second-order valence-electron chi connectivity index (χ2n) is 5.21. The predicted molar refractivity (Wildman–Crippen MR) is 82.4 cm³/mol. The van der Waals surface area contributed by atoms with Gasteiger partial charge in [0.15, 0.2) is 0 Å². The van der Waals surface area contributed by atoms with Gasteiger partial charge in [-0.05, 0) is 24.3 Å². The number of hydrogen-bond donors (Lipinski definition) is 3. The van der Waals surface area contributed by atoms with E-state index in [1.165, 1.54) is 24.2 Å². The Morgan fingerprint density at radius 2 is 2.14 bits per heavy atom. The van der Waals surface area contributed by atoms with Gasteiger partial charge in [0.05, 0.1) is 18.7 Å². The topological polar surface area (TPSA) is 95.7 Å². The van der Waals surface area contributed by atoms with Gasteiger partial charge < -0.3 is 16.2 Å². The van der Waals surface area contributed by atoms with Crippen molar-refractivity contribution in [2.45, 2.75) is 31.7 Å². The molecule has 0 radical (unpaired) electrons. The highest BCUT2D eigenvalue weighted by atomic mass is 32.1. The van der Waals surface area contributed by atoms with Crippen LogP contribution in [0.5, 0.6) is 0 Å². The maximum absolute atomic E-state index is 12.1. The first-order chi connectivity index (χ1) is 10.1. The Morgan fingerprint density at radius 3 is 2.76 bits per heavy atom. The molecule has 1 fully saturated rings. The molecule has 1 aromatic rings. The molecule has 0 spiro atoms. The smallest absolute Gasteiger partial charge is 0.251 e.